The van der Waals surface area contributed by atoms with Crippen molar-refractivity contribution in [3.05, 3.63) is 29.3 Å². The number of ether oxygens (including phenoxy) is 1. The van der Waals surface area contributed by atoms with Gasteiger partial charge >= 0.3 is 0 Å². The third-order valence-corrected chi connectivity index (χ3v) is 3.74. The molecule has 3 nitrogen and oxygen atoms in total. The van der Waals surface area contributed by atoms with Crippen molar-refractivity contribution in [2.45, 2.75) is 39.0 Å². The summed E-state index contributed by atoms with van der Waals surface area (Å²) in [5.41, 5.74) is 1.63. The van der Waals surface area contributed by atoms with Crippen LogP contribution in [0, 0.1) is 5.92 Å². The van der Waals surface area contributed by atoms with Gasteiger partial charge in [-0.05, 0) is 30.5 Å². The maximum atomic E-state index is 12.3. The van der Waals surface area contributed by atoms with Crippen LogP contribution in [0.15, 0.2) is 18.2 Å². The van der Waals surface area contributed by atoms with E-state index in [1.165, 1.54) is 0 Å². The first-order chi connectivity index (χ1) is 9.17. The summed E-state index contributed by atoms with van der Waals surface area (Å²) < 4.78 is 5.13. The summed E-state index contributed by atoms with van der Waals surface area (Å²) >= 11 is 0. The number of unbranched alkanes of at least 4 members (excludes halogenated alkanes) is 2. The quantitative estimate of drug-likeness (QED) is 0.582. The lowest BCUT2D eigenvalue weighted by Gasteiger charge is -2.06. The van der Waals surface area contributed by atoms with Gasteiger partial charge in [-0.1, -0.05) is 25.8 Å². The Morgan fingerprint density at radius 3 is 2.84 bits per heavy atom. The number of methoxy groups -OCH3 is 1. The van der Waals surface area contributed by atoms with E-state index in [-0.39, 0.29) is 11.6 Å². The van der Waals surface area contributed by atoms with E-state index in [4.69, 9.17) is 4.74 Å². The van der Waals surface area contributed by atoms with Crippen molar-refractivity contribution in [1.29, 1.82) is 0 Å². The molecule has 0 fully saturated rings. The predicted octanol–water partition coefficient (Wildman–Crippen LogP) is 3.20. The summed E-state index contributed by atoms with van der Waals surface area (Å²) in [4.78, 5) is 24.4. The summed E-state index contributed by atoms with van der Waals surface area (Å²) in [6.07, 6.45) is 4.11. The predicted molar refractivity (Wildman–Crippen MR) is 73.7 cm³/mol. The summed E-state index contributed by atoms with van der Waals surface area (Å²) in [6, 6.07) is 5.48. The second-order valence-corrected chi connectivity index (χ2v) is 5.07. The van der Waals surface area contributed by atoms with Crippen molar-refractivity contribution in [2.75, 3.05) is 7.11 Å². The molecule has 0 N–H and O–H groups in total. The number of benzene rings is 1. The molecule has 1 unspecified atom stereocenters. The molecule has 0 amide bonds. The van der Waals surface area contributed by atoms with Crippen LogP contribution in [0.5, 0.6) is 5.75 Å². The van der Waals surface area contributed by atoms with Gasteiger partial charge < -0.3 is 4.74 Å². The highest BCUT2D eigenvalue weighted by atomic mass is 16.5. The number of ketones is 2. The Labute approximate surface area is 114 Å². The van der Waals surface area contributed by atoms with E-state index in [0.29, 0.717) is 24.2 Å². The lowest BCUT2D eigenvalue weighted by atomic mass is 9.95. The number of hydrogen-bond acceptors (Lipinski definition) is 3. The van der Waals surface area contributed by atoms with Gasteiger partial charge in [-0.3, -0.25) is 9.59 Å². The first kappa shape index (κ1) is 13.8. The average molecular weight is 260 g/mol. The number of fused-ring (bicyclic) bond motifs is 1. The monoisotopic (exact) mass is 260 g/mol. The summed E-state index contributed by atoms with van der Waals surface area (Å²) in [7, 11) is 1.58. The Morgan fingerprint density at radius 1 is 1.37 bits per heavy atom. The zero-order valence-corrected chi connectivity index (χ0v) is 11.6. The van der Waals surface area contributed by atoms with Crippen LogP contribution in [0.2, 0.25) is 0 Å². The maximum absolute atomic E-state index is 12.3. The molecule has 0 aliphatic heterocycles. The van der Waals surface area contributed by atoms with Crippen molar-refractivity contribution in [3.63, 3.8) is 0 Å². The number of hydrogen-bond donors (Lipinski definition) is 0. The zero-order chi connectivity index (χ0) is 13.8. The minimum absolute atomic E-state index is 0.0320. The summed E-state index contributed by atoms with van der Waals surface area (Å²) in [6.45, 7) is 2.10. The van der Waals surface area contributed by atoms with Crippen molar-refractivity contribution in [3.8, 4) is 5.75 Å². The molecule has 0 spiro atoms. The van der Waals surface area contributed by atoms with Gasteiger partial charge in [-0.25, -0.2) is 0 Å². The van der Waals surface area contributed by atoms with Crippen LogP contribution in [0.1, 0.15) is 48.5 Å². The van der Waals surface area contributed by atoms with E-state index >= 15 is 0 Å². The molecule has 0 saturated heterocycles. The first-order valence-corrected chi connectivity index (χ1v) is 6.91. The fourth-order valence-electron chi connectivity index (χ4n) is 2.57. The van der Waals surface area contributed by atoms with Gasteiger partial charge in [-0.2, -0.15) is 0 Å². The zero-order valence-electron chi connectivity index (χ0n) is 11.6. The minimum atomic E-state index is -0.459. The van der Waals surface area contributed by atoms with Gasteiger partial charge in [0.15, 0.2) is 5.78 Å². The smallest absolute Gasteiger partial charge is 0.174 e. The van der Waals surface area contributed by atoms with Crippen LogP contribution in [-0.2, 0) is 11.2 Å². The Morgan fingerprint density at radius 2 is 2.16 bits per heavy atom. The van der Waals surface area contributed by atoms with E-state index in [1.807, 2.05) is 12.1 Å². The molecule has 3 heteroatoms. The molecular formula is C16H20O3. The van der Waals surface area contributed by atoms with E-state index in [2.05, 4.69) is 6.92 Å². The number of rotatable bonds is 6. The molecular weight excluding hydrogens is 240 g/mol. The van der Waals surface area contributed by atoms with Crippen molar-refractivity contribution in [1.82, 2.24) is 0 Å². The number of Topliss-reactive ketones (excluding diaryl/α,β-unsaturated/α-hetero) is 2. The Bertz CT molecular complexity index is 491. The molecule has 102 valence electrons. The van der Waals surface area contributed by atoms with Crippen LogP contribution in [0.3, 0.4) is 0 Å². The molecule has 1 aromatic rings. The van der Waals surface area contributed by atoms with Crippen molar-refractivity contribution in [2.24, 2.45) is 5.92 Å². The largest absolute Gasteiger partial charge is 0.497 e. The standard InChI is InChI=1S/C16H20O3/c1-3-4-5-6-15(17)14-9-11-7-8-12(19-2)10-13(11)16(14)18/h7-8,10,14H,3-6,9H2,1-2H3. The van der Waals surface area contributed by atoms with Crippen LogP contribution in [0.25, 0.3) is 0 Å². The molecule has 1 atom stereocenters. The molecule has 1 aliphatic carbocycles. The van der Waals surface area contributed by atoms with Gasteiger partial charge in [-0.15, -0.1) is 0 Å². The second kappa shape index (κ2) is 6.00. The molecule has 2 rings (SSSR count). The average Bonchev–Trinajstić information content (AvgIpc) is 2.76. The molecule has 0 bridgehead atoms. The fourth-order valence-corrected chi connectivity index (χ4v) is 2.57. The number of carbonyl (C=O) groups excluding carboxylic acids is 2. The molecule has 19 heavy (non-hydrogen) atoms. The molecule has 0 saturated carbocycles. The van der Waals surface area contributed by atoms with E-state index < -0.39 is 5.92 Å². The van der Waals surface area contributed by atoms with E-state index in [0.717, 1.165) is 24.8 Å². The summed E-state index contributed by atoms with van der Waals surface area (Å²) in [5, 5.41) is 0. The van der Waals surface area contributed by atoms with Gasteiger partial charge in [0.1, 0.15) is 11.5 Å². The lowest BCUT2D eigenvalue weighted by molar-refractivity contribution is -0.121. The third-order valence-electron chi connectivity index (χ3n) is 3.74. The Kier molecular flexibility index (Phi) is 4.35. The van der Waals surface area contributed by atoms with E-state index in [9.17, 15) is 9.59 Å². The molecule has 1 aromatic carbocycles. The van der Waals surface area contributed by atoms with Crippen LogP contribution >= 0.6 is 0 Å². The van der Waals surface area contributed by atoms with Crippen LogP contribution in [-0.4, -0.2) is 18.7 Å². The first-order valence-electron chi connectivity index (χ1n) is 6.91. The van der Waals surface area contributed by atoms with Crippen LogP contribution < -0.4 is 4.74 Å². The molecule has 0 aromatic heterocycles. The van der Waals surface area contributed by atoms with Crippen molar-refractivity contribution >= 4 is 11.6 Å². The third kappa shape index (κ3) is 2.86. The Balaban J connectivity index is 2.08. The second-order valence-electron chi connectivity index (χ2n) is 5.07. The van der Waals surface area contributed by atoms with Gasteiger partial charge in [0.25, 0.3) is 0 Å². The maximum Gasteiger partial charge on any atom is 0.174 e. The van der Waals surface area contributed by atoms with Crippen LogP contribution in [0.4, 0.5) is 0 Å². The molecule has 0 radical (unpaired) electrons. The highest BCUT2D eigenvalue weighted by Gasteiger charge is 2.35. The van der Waals surface area contributed by atoms with Crippen molar-refractivity contribution < 1.29 is 14.3 Å². The Hall–Kier alpha value is -1.64. The highest BCUT2D eigenvalue weighted by Crippen LogP contribution is 2.31. The SMILES string of the molecule is CCCCCC(=O)C1Cc2ccc(OC)cc2C1=O. The normalized spacial score (nSPS) is 17.4. The summed E-state index contributed by atoms with van der Waals surface area (Å²) in [5.74, 6) is 0.272. The van der Waals surface area contributed by atoms with Gasteiger partial charge in [0, 0.05) is 12.0 Å². The fraction of sp³-hybridized carbons (Fsp3) is 0.500. The van der Waals surface area contributed by atoms with Gasteiger partial charge in [0.05, 0.1) is 13.0 Å². The topological polar surface area (TPSA) is 43.4 Å². The highest BCUT2D eigenvalue weighted by molar-refractivity contribution is 6.14. The van der Waals surface area contributed by atoms with Gasteiger partial charge in [0.2, 0.25) is 0 Å². The minimum Gasteiger partial charge on any atom is -0.497 e. The molecule has 0 heterocycles. The lowest BCUT2D eigenvalue weighted by Crippen LogP contribution is -2.20. The molecule has 1 aliphatic rings. The number of carbonyl (C=O) groups is 2. The van der Waals surface area contributed by atoms with E-state index in [1.54, 1.807) is 13.2 Å².